The van der Waals surface area contributed by atoms with Gasteiger partial charge in [-0.2, -0.15) is 0 Å². The molecular formula is C26H28N2O5. The highest BCUT2D eigenvalue weighted by atomic mass is 16.5. The number of nitrogens with one attached hydrogen (secondary N) is 2. The predicted octanol–water partition coefficient (Wildman–Crippen LogP) is 3.53. The molecule has 0 heterocycles. The lowest BCUT2D eigenvalue weighted by Gasteiger charge is -2.28. The van der Waals surface area contributed by atoms with Gasteiger partial charge in [-0.1, -0.05) is 55.5 Å². The van der Waals surface area contributed by atoms with Crippen molar-refractivity contribution in [1.82, 2.24) is 10.6 Å². The maximum Gasteiger partial charge on any atom is 0.407 e. The summed E-state index contributed by atoms with van der Waals surface area (Å²) in [5.74, 6) is 0.483. The van der Waals surface area contributed by atoms with Crippen LogP contribution in [0, 0.1) is 17.8 Å². The van der Waals surface area contributed by atoms with E-state index in [1.807, 2.05) is 36.4 Å². The molecule has 1 aliphatic rings. The van der Waals surface area contributed by atoms with Crippen LogP contribution in [-0.2, 0) is 14.3 Å². The van der Waals surface area contributed by atoms with E-state index in [4.69, 9.17) is 11.2 Å². The number of carboxylic acid groups (broad SMARTS) is 1. The van der Waals surface area contributed by atoms with Crippen LogP contribution in [0.4, 0.5) is 4.79 Å². The molecule has 0 saturated heterocycles. The molecule has 0 radical (unpaired) electrons. The minimum absolute atomic E-state index is 0.00556. The minimum atomic E-state index is -1.20. The van der Waals surface area contributed by atoms with Crippen LogP contribution in [0.3, 0.4) is 0 Å². The SMILES string of the molecule is C#CCC(NC(=O)C(C)(CC)CNC(=O)OCC1c2ccccc2-c2ccccc21)C(=O)O. The van der Waals surface area contributed by atoms with Gasteiger partial charge in [-0.3, -0.25) is 4.79 Å². The molecule has 3 N–H and O–H groups in total. The molecule has 3 rings (SSSR count). The third kappa shape index (κ3) is 5.17. The average Bonchev–Trinajstić information content (AvgIpc) is 3.14. The van der Waals surface area contributed by atoms with Crippen LogP contribution in [-0.4, -0.2) is 42.3 Å². The van der Waals surface area contributed by atoms with E-state index in [1.54, 1.807) is 13.8 Å². The van der Waals surface area contributed by atoms with Crippen molar-refractivity contribution in [3.63, 3.8) is 0 Å². The van der Waals surface area contributed by atoms with E-state index in [9.17, 15) is 19.5 Å². The van der Waals surface area contributed by atoms with E-state index in [1.165, 1.54) is 0 Å². The molecule has 7 heteroatoms. The van der Waals surface area contributed by atoms with Gasteiger partial charge < -0.3 is 20.5 Å². The van der Waals surface area contributed by atoms with Crippen molar-refractivity contribution >= 4 is 18.0 Å². The Morgan fingerprint density at radius 2 is 1.70 bits per heavy atom. The lowest BCUT2D eigenvalue weighted by atomic mass is 9.86. The Balaban J connectivity index is 1.60. The fourth-order valence-electron chi connectivity index (χ4n) is 3.93. The number of carbonyl (C=O) groups is 3. The fourth-order valence-corrected chi connectivity index (χ4v) is 3.93. The Hall–Kier alpha value is -3.79. The van der Waals surface area contributed by atoms with Crippen molar-refractivity contribution in [1.29, 1.82) is 0 Å². The molecule has 2 aromatic rings. The van der Waals surface area contributed by atoms with E-state index in [0.29, 0.717) is 6.42 Å². The number of aliphatic carboxylic acids is 1. The Morgan fingerprint density at radius 1 is 1.12 bits per heavy atom. The van der Waals surface area contributed by atoms with Gasteiger partial charge in [0, 0.05) is 18.9 Å². The van der Waals surface area contributed by atoms with Gasteiger partial charge in [-0.15, -0.1) is 12.3 Å². The normalized spacial score (nSPS) is 14.7. The number of ether oxygens (including phenoxy) is 1. The minimum Gasteiger partial charge on any atom is -0.480 e. The zero-order valence-corrected chi connectivity index (χ0v) is 18.8. The molecule has 2 unspecified atom stereocenters. The van der Waals surface area contributed by atoms with Crippen molar-refractivity contribution in [3.05, 3.63) is 59.7 Å². The zero-order chi connectivity index (χ0) is 24.0. The van der Waals surface area contributed by atoms with Crippen molar-refractivity contribution in [2.75, 3.05) is 13.2 Å². The molecule has 33 heavy (non-hydrogen) atoms. The van der Waals surface area contributed by atoms with Crippen LogP contribution in [0.25, 0.3) is 11.1 Å². The second-order valence-corrected chi connectivity index (χ2v) is 8.37. The molecule has 7 nitrogen and oxygen atoms in total. The number of terminal acetylenes is 1. The average molecular weight is 449 g/mol. The largest absolute Gasteiger partial charge is 0.480 e. The number of carbonyl (C=O) groups excluding carboxylic acids is 2. The van der Waals surface area contributed by atoms with Crippen LogP contribution < -0.4 is 10.6 Å². The lowest BCUT2D eigenvalue weighted by molar-refractivity contribution is -0.143. The van der Waals surface area contributed by atoms with E-state index in [0.717, 1.165) is 22.3 Å². The summed E-state index contributed by atoms with van der Waals surface area (Å²) in [5.41, 5.74) is 3.47. The Bertz CT molecular complexity index is 1040. The third-order valence-corrected chi connectivity index (χ3v) is 6.22. The highest BCUT2D eigenvalue weighted by molar-refractivity contribution is 5.88. The van der Waals surface area contributed by atoms with E-state index in [2.05, 4.69) is 28.7 Å². The molecule has 172 valence electrons. The molecule has 0 aromatic heterocycles. The summed E-state index contributed by atoms with van der Waals surface area (Å²) in [4.78, 5) is 36.5. The van der Waals surface area contributed by atoms with Gasteiger partial charge in [-0.05, 0) is 35.6 Å². The Morgan fingerprint density at radius 3 is 2.21 bits per heavy atom. The number of hydrogen-bond donors (Lipinski definition) is 3. The van der Waals surface area contributed by atoms with Gasteiger partial charge in [0.2, 0.25) is 5.91 Å². The van der Waals surface area contributed by atoms with Crippen LogP contribution in [0.2, 0.25) is 0 Å². The molecule has 0 bridgehead atoms. The highest BCUT2D eigenvalue weighted by Crippen LogP contribution is 2.44. The molecule has 2 atom stereocenters. The Kier molecular flexibility index (Phi) is 7.39. The van der Waals surface area contributed by atoms with Gasteiger partial charge in [0.05, 0.1) is 5.41 Å². The van der Waals surface area contributed by atoms with Crippen LogP contribution in [0.1, 0.15) is 43.7 Å². The van der Waals surface area contributed by atoms with E-state index in [-0.39, 0.29) is 25.5 Å². The van der Waals surface area contributed by atoms with Crippen LogP contribution >= 0.6 is 0 Å². The number of benzene rings is 2. The first-order chi connectivity index (χ1) is 15.8. The van der Waals surface area contributed by atoms with Crippen molar-refractivity contribution < 1.29 is 24.2 Å². The van der Waals surface area contributed by atoms with E-state index >= 15 is 0 Å². The summed E-state index contributed by atoms with van der Waals surface area (Å²) in [7, 11) is 0. The fraction of sp³-hybridized carbons (Fsp3) is 0.346. The summed E-state index contributed by atoms with van der Waals surface area (Å²) >= 11 is 0. The van der Waals surface area contributed by atoms with Crippen LogP contribution in [0.5, 0.6) is 0 Å². The summed E-state index contributed by atoms with van der Waals surface area (Å²) in [6.45, 7) is 3.60. The lowest BCUT2D eigenvalue weighted by Crippen LogP contribution is -2.51. The second kappa shape index (κ2) is 10.2. The van der Waals surface area contributed by atoms with Crippen molar-refractivity contribution in [3.8, 4) is 23.5 Å². The highest BCUT2D eigenvalue weighted by Gasteiger charge is 2.35. The van der Waals surface area contributed by atoms with Crippen molar-refractivity contribution in [2.24, 2.45) is 5.41 Å². The topological polar surface area (TPSA) is 105 Å². The van der Waals surface area contributed by atoms with Gasteiger partial charge >= 0.3 is 12.1 Å². The van der Waals surface area contributed by atoms with Gasteiger partial charge in [0.1, 0.15) is 12.6 Å². The number of hydrogen-bond acceptors (Lipinski definition) is 4. The number of amides is 2. The van der Waals surface area contributed by atoms with Gasteiger partial charge in [-0.25, -0.2) is 9.59 Å². The number of rotatable bonds is 9. The summed E-state index contributed by atoms with van der Waals surface area (Å²) in [5, 5.41) is 14.3. The zero-order valence-electron chi connectivity index (χ0n) is 18.8. The molecular weight excluding hydrogens is 420 g/mol. The van der Waals surface area contributed by atoms with E-state index < -0.39 is 29.4 Å². The first kappa shape index (κ1) is 23.9. The third-order valence-electron chi connectivity index (χ3n) is 6.22. The first-order valence-corrected chi connectivity index (χ1v) is 10.9. The summed E-state index contributed by atoms with van der Waals surface area (Å²) in [6.07, 6.45) is 4.81. The molecule has 0 fully saturated rings. The van der Waals surface area contributed by atoms with Crippen LogP contribution in [0.15, 0.2) is 48.5 Å². The quantitative estimate of drug-likeness (QED) is 0.509. The maximum absolute atomic E-state index is 12.7. The molecule has 2 amide bonds. The maximum atomic E-state index is 12.7. The van der Waals surface area contributed by atoms with Crippen molar-refractivity contribution in [2.45, 2.75) is 38.6 Å². The number of alkyl carbamates (subject to hydrolysis) is 1. The number of carboxylic acids is 1. The molecule has 2 aromatic carbocycles. The second-order valence-electron chi connectivity index (χ2n) is 8.37. The van der Waals surface area contributed by atoms with Gasteiger partial charge in [0.15, 0.2) is 0 Å². The first-order valence-electron chi connectivity index (χ1n) is 10.9. The molecule has 0 spiro atoms. The smallest absolute Gasteiger partial charge is 0.407 e. The predicted molar refractivity (Wildman–Crippen MR) is 124 cm³/mol. The molecule has 0 saturated carbocycles. The summed E-state index contributed by atoms with van der Waals surface area (Å²) in [6, 6.07) is 14.9. The molecule has 1 aliphatic carbocycles. The number of fused-ring (bicyclic) bond motifs is 3. The molecule has 0 aliphatic heterocycles. The van der Waals surface area contributed by atoms with Gasteiger partial charge in [0.25, 0.3) is 0 Å². The monoisotopic (exact) mass is 448 g/mol. The summed E-state index contributed by atoms with van der Waals surface area (Å²) < 4.78 is 5.51. The Labute approximate surface area is 193 Å². The standard InChI is InChI=1S/C26H28N2O5/c1-4-10-22(23(29)30)28-24(31)26(3,5-2)16-27-25(32)33-15-21-19-13-8-6-11-17(19)18-12-7-9-14-20(18)21/h1,6-9,11-14,21-22H,5,10,15-16H2,2-3H3,(H,27,32)(H,28,31)(H,29,30).